The first kappa shape index (κ1) is 41.3. The first-order chi connectivity index (χ1) is 16.1. The van der Waals surface area contributed by atoms with Gasteiger partial charge < -0.3 is 20.9 Å². The number of carbonyl (C=O) groups is 2. The Morgan fingerprint density at radius 1 is 0.971 bits per heavy atom. The third-order valence-corrected chi connectivity index (χ3v) is 5.13. The van der Waals surface area contributed by atoms with E-state index in [9.17, 15) is 9.59 Å². The minimum Gasteiger partial charge on any atom is -0.393 e. The molecule has 0 rings (SSSR count). The number of hydrogen-bond donors (Lipinski definition) is 3. The standard InChI is InChI=1S/C16H32N2O4.C8H17Cl.2C2H6/c1-14(2,9-12(17)20)10-15(3,4)13(21)18-7-8-22-16(5,6)11-19;1-8(2)6-4-3-5-7-9;2*1-2/h19H,7-11H2,1-6H3,(H2,17,20)(H,18,21);8H,3-7H2,1-2H3;2*1-2H3. The fourth-order valence-electron chi connectivity index (χ4n) is 3.41. The van der Waals surface area contributed by atoms with E-state index in [1.165, 1.54) is 25.7 Å². The largest absolute Gasteiger partial charge is 0.393 e. The molecule has 0 aromatic carbocycles. The summed E-state index contributed by atoms with van der Waals surface area (Å²) in [7, 11) is 0. The van der Waals surface area contributed by atoms with Crippen molar-refractivity contribution in [3.8, 4) is 0 Å². The summed E-state index contributed by atoms with van der Waals surface area (Å²) in [4.78, 5) is 23.4. The van der Waals surface area contributed by atoms with E-state index >= 15 is 0 Å². The molecule has 0 aromatic rings. The number of ether oxygens (including phenoxy) is 1. The summed E-state index contributed by atoms with van der Waals surface area (Å²) in [5.41, 5.74) is 3.70. The molecular formula is C28H61ClN2O4. The highest BCUT2D eigenvalue weighted by molar-refractivity contribution is 6.17. The van der Waals surface area contributed by atoms with Gasteiger partial charge in [-0.25, -0.2) is 0 Å². The number of alkyl halides is 1. The van der Waals surface area contributed by atoms with Crippen LogP contribution < -0.4 is 11.1 Å². The Morgan fingerprint density at radius 3 is 1.89 bits per heavy atom. The SMILES string of the molecule is CC.CC.CC(C)(CC(N)=O)CC(C)(C)C(=O)NCCOC(C)(C)CO.CC(C)CCCCCCl. The number of aliphatic hydroxyl groups is 1. The van der Waals surface area contributed by atoms with Crippen LogP contribution >= 0.6 is 11.6 Å². The molecule has 0 aliphatic rings. The van der Waals surface area contributed by atoms with Gasteiger partial charge >= 0.3 is 0 Å². The van der Waals surface area contributed by atoms with Crippen molar-refractivity contribution in [3.05, 3.63) is 0 Å². The van der Waals surface area contributed by atoms with Crippen molar-refractivity contribution in [1.29, 1.82) is 0 Å². The maximum atomic E-state index is 12.3. The van der Waals surface area contributed by atoms with Crippen molar-refractivity contribution >= 4 is 23.4 Å². The van der Waals surface area contributed by atoms with Gasteiger partial charge in [-0.3, -0.25) is 9.59 Å². The Kier molecular flexibility index (Phi) is 27.8. The minimum absolute atomic E-state index is 0.0756. The van der Waals surface area contributed by atoms with Gasteiger partial charge in [0.05, 0.1) is 18.8 Å². The van der Waals surface area contributed by atoms with Gasteiger partial charge in [0.1, 0.15) is 0 Å². The summed E-state index contributed by atoms with van der Waals surface area (Å²) >= 11 is 5.52. The number of carbonyl (C=O) groups excluding carboxylic acids is 2. The van der Waals surface area contributed by atoms with Gasteiger partial charge in [-0.05, 0) is 38.0 Å². The maximum absolute atomic E-state index is 12.3. The average Bonchev–Trinajstić information content (AvgIpc) is 2.75. The average molecular weight is 525 g/mol. The summed E-state index contributed by atoms with van der Waals surface area (Å²) in [6, 6.07) is 0. The highest BCUT2D eigenvalue weighted by Gasteiger charge is 2.35. The fourth-order valence-corrected chi connectivity index (χ4v) is 3.60. The van der Waals surface area contributed by atoms with Gasteiger partial charge in [-0.1, -0.05) is 88.5 Å². The predicted molar refractivity (Wildman–Crippen MR) is 153 cm³/mol. The molecule has 4 N–H and O–H groups in total. The van der Waals surface area contributed by atoms with E-state index in [1.54, 1.807) is 13.8 Å². The lowest BCUT2D eigenvalue weighted by Gasteiger charge is -2.33. The second-order valence-electron chi connectivity index (χ2n) is 10.8. The Bertz CT molecular complexity index is 507. The van der Waals surface area contributed by atoms with Crippen LogP contribution in [-0.2, 0) is 14.3 Å². The molecule has 0 atom stereocenters. The topological polar surface area (TPSA) is 102 Å². The normalized spacial score (nSPS) is 11.3. The summed E-state index contributed by atoms with van der Waals surface area (Å²) in [6.45, 7) is 24.3. The minimum atomic E-state index is -0.607. The molecule has 0 heterocycles. The lowest BCUT2D eigenvalue weighted by atomic mass is 9.73. The summed E-state index contributed by atoms with van der Waals surface area (Å²) in [6.07, 6.45) is 6.01. The predicted octanol–water partition coefficient (Wildman–Crippen LogP) is 6.70. The zero-order valence-electron chi connectivity index (χ0n) is 25.3. The quantitative estimate of drug-likeness (QED) is 0.164. The molecule has 214 valence electrons. The van der Waals surface area contributed by atoms with Crippen LogP contribution in [0.4, 0.5) is 0 Å². The molecule has 0 radical (unpaired) electrons. The molecular weight excluding hydrogens is 464 g/mol. The van der Waals surface area contributed by atoms with Crippen molar-refractivity contribution in [2.24, 2.45) is 22.5 Å². The highest BCUT2D eigenvalue weighted by Crippen LogP contribution is 2.36. The van der Waals surface area contributed by atoms with Gasteiger partial charge in [-0.2, -0.15) is 0 Å². The van der Waals surface area contributed by atoms with Gasteiger partial charge in [0.15, 0.2) is 0 Å². The second-order valence-corrected chi connectivity index (χ2v) is 11.2. The summed E-state index contributed by atoms with van der Waals surface area (Å²) in [5.74, 6) is 1.24. The molecule has 2 amide bonds. The van der Waals surface area contributed by atoms with Gasteiger partial charge in [0.25, 0.3) is 0 Å². The van der Waals surface area contributed by atoms with Crippen LogP contribution in [0.2, 0.25) is 0 Å². The first-order valence-electron chi connectivity index (χ1n) is 13.5. The number of rotatable bonds is 15. The zero-order chi connectivity index (χ0) is 28.7. The number of unbranched alkanes of at least 4 members (excludes halogenated alkanes) is 2. The molecule has 0 aromatic heterocycles. The maximum Gasteiger partial charge on any atom is 0.225 e. The molecule has 0 saturated heterocycles. The number of halogens is 1. The van der Waals surface area contributed by atoms with Crippen LogP contribution in [0.3, 0.4) is 0 Å². The van der Waals surface area contributed by atoms with Crippen LogP contribution in [0, 0.1) is 16.7 Å². The Balaban J connectivity index is -0.000000307. The van der Waals surface area contributed by atoms with Crippen molar-refractivity contribution in [2.45, 2.75) is 127 Å². The lowest BCUT2D eigenvalue weighted by Crippen LogP contribution is -2.42. The van der Waals surface area contributed by atoms with Gasteiger partial charge in [0, 0.05) is 24.3 Å². The van der Waals surface area contributed by atoms with Gasteiger partial charge in [-0.15, -0.1) is 11.6 Å². The molecule has 0 fully saturated rings. The van der Waals surface area contributed by atoms with Gasteiger partial charge in [0.2, 0.25) is 11.8 Å². The highest BCUT2D eigenvalue weighted by atomic mass is 35.5. The lowest BCUT2D eigenvalue weighted by molar-refractivity contribution is -0.132. The Labute approximate surface area is 223 Å². The third kappa shape index (κ3) is 29.3. The van der Waals surface area contributed by atoms with Crippen LogP contribution in [-0.4, -0.2) is 48.2 Å². The molecule has 35 heavy (non-hydrogen) atoms. The van der Waals surface area contributed by atoms with E-state index < -0.39 is 11.0 Å². The van der Waals surface area contributed by atoms with E-state index in [1.807, 2.05) is 55.4 Å². The molecule has 0 aliphatic carbocycles. The monoisotopic (exact) mass is 524 g/mol. The molecule has 0 aliphatic heterocycles. The number of amides is 2. The summed E-state index contributed by atoms with van der Waals surface area (Å²) < 4.78 is 5.47. The van der Waals surface area contributed by atoms with Crippen molar-refractivity contribution < 1.29 is 19.4 Å². The number of aliphatic hydroxyl groups excluding tert-OH is 1. The number of primary amides is 1. The zero-order valence-corrected chi connectivity index (χ0v) is 26.0. The molecule has 0 spiro atoms. The smallest absolute Gasteiger partial charge is 0.225 e. The third-order valence-electron chi connectivity index (χ3n) is 4.86. The fraction of sp³-hybridized carbons (Fsp3) is 0.929. The van der Waals surface area contributed by atoms with E-state index in [4.69, 9.17) is 27.2 Å². The van der Waals surface area contributed by atoms with E-state index in [2.05, 4.69) is 19.2 Å². The van der Waals surface area contributed by atoms with Crippen molar-refractivity contribution in [2.75, 3.05) is 25.6 Å². The van der Waals surface area contributed by atoms with Crippen LogP contribution in [0.15, 0.2) is 0 Å². The van der Waals surface area contributed by atoms with E-state index in [-0.39, 0.29) is 30.3 Å². The number of hydrogen-bond acceptors (Lipinski definition) is 4. The first-order valence-corrected chi connectivity index (χ1v) is 14.0. The van der Waals surface area contributed by atoms with Crippen LogP contribution in [0.25, 0.3) is 0 Å². The van der Waals surface area contributed by atoms with Crippen LogP contribution in [0.1, 0.15) is 122 Å². The van der Waals surface area contributed by atoms with Crippen molar-refractivity contribution in [1.82, 2.24) is 5.32 Å². The Hall–Kier alpha value is -0.850. The van der Waals surface area contributed by atoms with Crippen LogP contribution in [0.5, 0.6) is 0 Å². The van der Waals surface area contributed by atoms with E-state index in [0.717, 1.165) is 11.8 Å². The molecule has 0 unspecified atom stereocenters. The second kappa shape index (κ2) is 23.5. The molecule has 0 saturated carbocycles. The van der Waals surface area contributed by atoms with E-state index in [0.29, 0.717) is 19.6 Å². The number of nitrogens with two attached hydrogens (primary N) is 1. The molecule has 7 heteroatoms. The molecule has 0 bridgehead atoms. The summed E-state index contributed by atoms with van der Waals surface area (Å²) in [5, 5.41) is 11.9. The molecule has 6 nitrogen and oxygen atoms in total. The Morgan fingerprint density at radius 2 is 1.49 bits per heavy atom. The van der Waals surface area contributed by atoms with Crippen molar-refractivity contribution in [3.63, 3.8) is 0 Å². The number of nitrogens with one attached hydrogen (secondary N) is 1.